The summed E-state index contributed by atoms with van der Waals surface area (Å²) < 4.78 is 1.82. The van der Waals surface area contributed by atoms with Crippen molar-refractivity contribution in [3.63, 3.8) is 0 Å². The number of benzene rings is 2. The average molecular weight is 370 g/mol. The molecular weight excluding hydrogens is 354 g/mol. The van der Waals surface area contributed by atoms with Crippen molar-refractivity contribution in [2.24, 2.45) is 0 Å². The van der Waals surface area contributed by atoms with Gasteiger partial charge < -0.3 is 5.32 Å². The molecule has 1 N–H and O–H groups in total. The smallest absolute Gasteiger partial charge is 0.235 e. The lowest BCUT2D eigenvalue weighted by atomic mass is 10.0. The van der Waals surface area contributed by atoms with Gasteiger partial charge >= 0.3 is 0 Å². The fourth-order valence-corrected chi connectivity index (χ4v) is 4.36. The normalized spacial score (nSPS) is 16.9. The first-order valence-electron chi connectivity index (χ1n) is 7.95. The summed E-state index contributed by atoms with van der Waals surface area (Å²) in [5.74, 6) is 1.13. The summed E-state index contributed by atoms with van der Waals surface area (Å²) in [5, 5.41) is 8.46. The van der Waals surface area contributed by atoms with Crippen LogP contribution >= 0.6 is 23.4 Å². The van der Waals surface area contributed by atoms with E-state index in [-0.39, 0.29) is 11.2 Å². The number of nitrogens with one attached hydrogen (secondary N) is 1. The van der Waals surface area contributed by atoms with Gasteiger partial charge in [0.25, 0.3) is 0 Å². The molecule has 1 amide bonds. The number of nitrogens with zero attached hydrogens (tertiary/aromatic N) is 2. The quantitative estimate of drug-likeness (QED) is 0.717. The van der Waals surface area contributed by atoms with Crippen LogP contribution in [0.2, 0.25) is 5.02 Å². The number of halogens is 1. The molecule has 4 nitrogen and oxygen atoms in total. The number of anilines is 1. The maximum Gasteiger partial charge on any atom is 0.235 e. The van der Waals surface area contributed by atoms with Crippen molar-refractivity contribution >= 4 is 35.1 Å². The second-order valence-corrected chi connectivity index (χ2v) is 7.42. The minimum atomic E-state index is -0.0141. The molecule has 2 heterocycles. The molecule has 0 saturated carbocycles. The Bertz CT molecular complexity index is 922. The zero-order valence-corrected chi connectivity index (χ0v) is 15.1. The van der Waals surface area contributed by atoms with Gasteiger partial charge in [-0.25, -0.2) is 4.68 Å². The number of carbonyl (C=O) groups is 1. The zero-order chi connectivity index (χ0) is 17.4. The van der Waals surface area contributed by atoms with E-state index >= 15 is 0 Å². The molecule has 0 spiro atoms. The predicted molar refractivity (Wildman–Crippen MR) is 103 cm³/mol. The van der Waals surface area contributed by atoms with Crippen LogP contribution in [0.5, 0.6) is 0 Å². The van der Waals surface area contributed by atoms with Crippen molar-refractivity contribution in [2.45, 2.75) is 12.2 Å². The highest BCUT2D eigenvalue weighted by atomic mass is 35.5. The van der Waals surface area contributed by atoms with Gasteiger partial charge in [-0.05, 0) is 36.8 Å². The zero-order valence-electron chi connectivity index (χ0n) is 13.6. The molecular formula is C19H16ClN3OS. The van der Waals surface area contributed by atoms with Gasteiger partial charge in [-0.1, -0.05) is 41.9 Å². The molecule has 0 saturated heterocycles. The van der Waals surface area contributed by atoms with Gasteiger partial charge in [-0.15, -0.1) is 11.8 Å². The average Bonchev–Trinajstić information content (AvgIpc) is 2.83. The summed E-state index contributed by atoms with van der Waals surface area (Å²) in [4.78, 5) is 12.3. The summed E-state index contributed by atoms with van der Waals surface area (Å²) in [7, 11) is 0. The number of aryl methyl sites for hydroxylation is 1. The summed E-state index contributed by atoms with van der Waals surface area (Å²) in [6, 6.07) is 17.6. The Kier molecular flexibility index (Phi) is 4.27. The Balaban J connectivity index is 1.88. The van der Waals surface area contributed by atoms with Crippen molar-refractivity contribution in [1.29, 1.82) is 0 Å². The van der Waals surface area contributed by atoms with Gasteiger partial charge in [-0.2, -0.15) is 5.10 Å². The Morgan fingerprint density at radius 1 is 1.16 bits per heavy atom. The van der Waals surface area contributed by atoms with Gasteiger partial charge in [0, 0.05) is 10.6 Å². The van der Waals surface area contributed by atoms with Crippen LogP contribution in [-0.2, 0) is 4.79 Å². The highest BCUT2D eigenvalue weighted by Crippen LogP contribution is 2.43. The lowest BCUT2D eigenvalue weighted by molar-refractivity contribution is -0.113. The van der Waals surface area contributed by atoms with Crippen LogP contribution in [0.15, 0.2) is 54.6 Å². The Morgan fingerprint density at radius 3 is 2.60 bits per heavy atom. The maximum absolute atomic E-state index is 12.3. The fourth-order valence-electron chi connectivity index (χ4n) is 3.04. The molecule has 0 unspecified atom stereocenters. The number of amides is 1. The van der Waals surface area contributed by atoms with Crippen LogP contribution in [0, 0.1) is 6.92 Å². The monoisotopic (exact) mass is 369 g/mol. The number of para-hydroxylation sites is 1. The molecule has 2 aromatic carbocycles. The number of hydrogen-bond donors (Lipinski definition) is 1. The molecule has 0 aliphatic carbocycles. The van der Waals surface area contributed by atoms with E-state index in [1.54, 1.807) is 11.8 Å². The molecule has 0 bridgehead atoms. The molecule has 0 radical (unpaired) electrons. The van der Waals surface area contributed by atoms with E-state index in [4.69, 9.17) is 16.7 Å². The van der Waals surface area contributed by atoms with E-state index in [2.05, 4.69) is 5.32 Å². The van der Waals surface area contributed by atoms with E-state index in [9.17, 15) is 4.79 Å². The molecule has 126 valence electrons. The lowest BCUT2D eigenvalue weighted by Crippen LogP contribution is -2.15. The SMILES string of the molecule is Cc1nn(-c2ccccc2)c2c1[C@@H](c1ccc(Cl)cc1)SCC(=O)N2. The van der Waals surface area contributed by atoms with E-state index in [1.165, 1.54) is 0 Å². The number of hydrogen-bond acceptors (Lipinski definition) is 3. The van der Waals surface area contributed by atoms with Crippen LogP contribution in [0.1, 0.15) is 22.1 Å². The van der Waals surface area contributed by atoms with Gasteiger partial charge in [0.1, 0.15) is 5.82 Å². The fraction of sp³-hybridized carbons (Fsp3) is 0.158. The minimum absolute atomic E-state index is 0.0141. The first kappa shape index (κ1) is 16.2. The first-order valence-corrected chi connectivity index (χ1v) is 9.38. The first-order chi connectivity index (χ1) is 12.1. The van der Waals surface area contributed by atoms with Crippen molar-refractivity contribution in [1.82, 2.24) is 9.78 Å². The Hall–Kier alpha value is -2.24. The van der Waals surface area contributed by atoms with Crippen molar-refractivity contribution in [3.05, 3.63) is 76.4 Å². The van der Waals surface area contributed by atoms with Gasteiger partial charge in [0.15, 0.2) is 0 Å². The second kappa shape index (κ2) is 6.58. The molecule has 6 heteroatoms. The molecule has 1 aliphatic rings. The molecule has 1 aliphatic heterocycles. The topological polar surface area (TPSA) is 46.9 Å². The summed E-state index contributed by atoms with van der Waals surface area (Å²) in [6.07, 6.45) is 0. The molecule has 1 aromatic heterocycles. The van der Waals surface area contributed by atoms with Crippen LogP contribution in [0.3, 0.4) is 0 Å². The standard InChI is InChI=1S/C19H16ClN3OS/c1-12-17-18(13-7-9-14(20)10-8-13)25-11-16(24)21-19(17)23(22-12)15-5-3-2-4-6-15/h2-10,18H,11H2,1H3,(H,21,24)/t18-/m1/s1. The molecule has 25 heavy (non-hydrogen) atoms. The number of aromatic nitrogens is 2. The van der Waals surface area contributed by atoms with E-state index < -0.39 is 0 Å². The van der Waals surface area contributed by atoms with Crippen molar-refractivity contribution < 1.29 is 4.79 Å². The van der Waals surface area contributed by atoms with Crippen LogP contribution < -0.4 is 5.32 Å². The minimum Gasteiger partial charge on any atom is -0.310 e. The second-order valence-electron chi connectivity index (χ2n) is 5.89. The number of fused-ring (bicyclic) bond motifs is 1. The third-order valence-corrected chi connectivity index (χ3v) is 5.70. The molecule has 3 aromatic rings. The Labute approximate surface area is 155 Å². The van der Waals surface area contributed by atoms with Gasteiger partial charge in [0.05, 0.1) is 22.4 Å². The third-order valence-electron chi connectivity index (χ3n) is 4.18. The lowest BCUT2D eigenvalue weighted by Gasteiger charge is -2.15. The summed E-state index contributed by atoms with van der Waals surface area (Å²) in [6.45, 7) is 1.99. The number of rotatable bonds is 2. The van der Waals surface area contributed by atoms with Crippen LogP contribution in [0.25, 0.3) is 5.69 Å². The van der Waals surface area contributed by atoms with E-state index in [0.717, 1.165) is 28.3 Å². The van der Waals surface area contributed by atoms with Crippen LogP contribution in [0.4, 0.5) is 5.82 Å². The molecule has 0 fully saturated rings. The highest BCUT2D eigenvalue weighted by molar-refractivity contribution is 8.00. The van der Waals surface area contributed by atoms with Crippen molar-refractivity contribution in [3.8, 4) is 5.69 Å². The largest absolute Gasteiger partial charge is 0.310 e. The maximum atomic E-state index is 12.3. The predicted octanol–water partition coefficient (Wildman–Crippen LogP) is 4.61. The third kappa shape index (κ3) is 3.05. The Morgan fingerprint density at radius 2 is 1.88 bits per heavy atom. The number of thioether (sulfide) groups is 1. The molecule has 1 atom stereocenters. The van der Waals surface area contributed by atoms with Crippen LogP contribution in [-0.4, -0.2) is 21.4 Å². The number of carbonyl (C=O) groups excluding carboxylic acids is 1. The van der Waals surface area contributed by atoms with Crippen molar-refractivity contribution in [2.75, 3.05) is 11.1 Å². The van der Waals surface area contributed by atoms with Gasteiger partial charge in [0.2, 0.25) is 5.91 Å². The molecule has 4 rings (SSSR count). The van der Waals surface area contributed by atoms with Gasteiger partial charge in [-0.3, -0.25) is 4.79 Å². The van der Waals surface area contributed by atoms with E-state index in [1.807, 2.05) is 66.2 Å². The summed E-state index contributed by atoms with van der Waals surface area (Å²) in [5.41, 5.74) is 3.99. The summed E-state index contributed by atoms with van der Waals surface area (Å²) >= 11 is 7.64. The highest BCUT2D eigenvalue weighted by Gasteiger charge is 2.30. The van der Waals surface area contributed by atoms with E-state index in [0.29, 0.717) is 10.8 Å².